The fraction of sp³-hybridized carbons (Fsp3) is 0.944. The van der Waals surface area contributed by atoms with Crippen LogP contribution in [0.15, 0.2) is 0 Å². The highest BCUT2D eigenvalue weighted by atomic mass is 16.4. The van der Waals surface area contributed by atoms with Gasteiger partial charge in [0.15, 0.2) is 0 Å². The van der Waals surface area contributed by atoms with E-state index in [2.05, 4.69) is 39.5 Å². The van der Waals surface area contributed by atoms with Gasteiger partial charge in [-0.25, -0.2) is 0 Å². The quantitative estimate of drug-likeness (QED) is 0.660. The molecule has 0 amide bonds. The summed E-state index contributed by atoms with van der Waals surface area (Å²) in [5.41, 5.74) is -0.0392. The fourth-order valence-electron chi connectivity index (χ4n) is 4.15. The van der Waals surface area contributed by atoms with Crippen LogP contribution in [0.3, 0.4) is 0 Å². The second-order valence-corrected chi connectivity index (χ2v) is 7.99. The van der Waals surface area contributed by atoms with Crippen LogP contribution >= 0.6 is 0 Å². The Bertz CT molecular complexity index is 318. The molecule has 0 aromatic heterocycles. The fourth-order valence-corrected chi connectivity index (χ4v) is 4.15. The summed E-state index contributed by atoms with van der Waals surface area (Å²) in [6.07, 6.45) is 9.39. The van der Waals surface area contributed by atoms with Gasteiger partial charge in [-0.3, -0.25) is 9.69 Å². The lowest BCUT2D eigenvalue weighted by atomic mass is 9.73. The molecule has 1 aliphatic rings. The van der Waals surface area contributed by atoms with Crippen LogP contribution in [0.5, 0.6) is 0 Å². The highest BCUT2D eigenvalue weighted by Crippen LogP contribution is 2.41. The Balaban J connectivity index is 2.53. The Hall–Kier alpha value is -0.570. The van der Waals surface area contributed by atoms with Crippen molar-refractivity contribution in [2.45, 2.75) is 97.1 Å². The highest BCUT2D eigenvalue weighted by Gasteiger charge is 2.46. The van der Waals surface area contributed by atoms with Crippen molar-refractivity contribution in [3.8, 4) is 0 Å². The summed E-state index contributed by atoms with van der Waals surface area (Å²) in [5.74, 6) is -0.828. The van der Waals surface area contributed by atoms with Gasteiger partial charge >= 0.3 is 5.97 Å². The van der Waals surface area contributed by atoms with Crippen LogP contribution in [0.1, 0.15) is 86.0 Å². The molecule has 3 nitrogen and oxygen atoms in total. The molecule has 0 bridgehead atoms. The van der Waals surface area contributed by atoms with E-state index in [0.717, 1.165) is 19.4 Å². The van der Waals surface area contributed by atoms with Gasteiger partial charge in [-0.2, -0.15) is 0 Å². The van der Waals surface area contributed by atoms with Gasteiger partial charge in [-0.05, 0) is 53.5 Å². The van der Waals surface area contributed by atoms with Crippen molar-refractivity contribution >= 4 is 5.97 Å². The number of unbranched alkanes of at least 4 members (excludes halogenated alkanes) is 5. The predicted octanol–water partition coefficient (Wildman–Crippen LogP) is 4.70. The molecular formula is C18H35NO2. The van der Waals surface area contributed by atoms with Crippen molar-refractivity contribution in [1.82, 2.24) is 4.90 Å². The van der Waals surface area contributed by atoms with Crippen LogP contribution in [0.4, 0.5) is 0 Å². The SMILES string of the molecule is CCCCCCCCN1C(C)(C)CC(C(=O)O)CC1(C)C. The number of carbonyl (C=O) groups is 1. The lowest BCUT2D eigenvalue weighted by molar-refractivity contribution is -0.150. The first-order valence-electron chi connectivity index (χ1n) is 8.71. The minimum absolute atomic E-state index is 0.0196. The number of carboxylic acid groups (broad SMARTS) is 1. The van der Waals surface area contributed by atoms with E-state index < -0.39 is 5.97 Å². The summed E-state index contributed by atoms with van der Waals surface area (Å²) in [6, 6.07) is 0. The lowest BCUT2D eigenvalue weighted by Crippen LogP contribution is -2.61. The van der Waals surface area contributed by atoms with E-state index >= 15 is 0 Å². The maximum Gasteiger partial charge on any atom is 0.306 e. The molecule has 0 aromatic carbocycles. The monoisotopic (exact) mass is 297 g/mol. The van der Waals surface area contributed by atoms with Crippen LogP contribution in [-0.4, -0.2) is 33.6 Å². The highest BCUT2D eigenvalue weighted by molar-refractivity contribution is 5.70. The zero-order valence-corrected chi connectivity index (χ0v) is 14.7. The van der Waals surface area contributed by atoms with Gasteiger partial charge in [0.25, 0.3) is 0 Å². The zero-order valence-electron chi connectivity index (χ0n) is 14.7. The number of hydrogen-bond donors (Lipinski definition) is 1. The molecule has 1 N–H and O–H groups in total. The third kappa shape index (κ3) is 5.28. The Labute approximate surface area is 131 Å². The molecule has 1 heterocycles. The topological polar surface area (TPSA) is 40.5 Å². The maximum absolute atomic E-state index is 11.4. The lowest BCUT2D eigenvalue weighted by Gasteiger charge is -2.54. The number of nitrogens with zero attached hydrogens (tertiary/aromatic N) is 1. The van der Waals surface area contributed by atoms with E-state index in [9.17, 15) is 9.90 Å². The van der Waals surface area contributed by atoms with E-state index in [4.69, 9.17) is 0 Å². The molecule has 0 unspecified atom stereocenters. The summed E-state index contributed by atoms with van der Waals surface area (Å²) in [6.45, 7) is 12.2. The molecule has 124 valence electrons. The van der Waals surface area contributed by atoms with Gasteiger partial charge in [0.1, 0.15) is 0 Å². The van der Waals surface area contributed by atoms with Crippen molar-refractivity contribution < 1.29 is 9.90 Å². The molecular weight excluding hydrogens is 262 g/mol. The third-order valence-corrected chi connectivity index (χ3v) is 5.04. The smallest absolute Gasteiger partial charge is 0.306 e. The predicted molar refractivity (Wildman–Crippen MR) is 88.6 cm³/mol. The van der Waals surface area contributed by atoms with Crippen molar-refractivity contribution in [2.75, 3.05) is 6.54 Å². The summed E-state index contributed by atoms with van der Waals surface area (Å²) in [4.78, 5) is 13.9. The minimum Gasteiger partial charge on any atom is -0.481 e. The second kappa shape index (κ2) is 7.62. The normalized spacial score (nSPS) is 22.3. The van der Waals surface area contributed by atoms with Crippen molar-refractivity contribution in [3.05, 3.63) is 0 Å². The average Bonchev–Trinajstić information content (AvgIpc) is 2.34. The van der Waals surface area contributed by atoms with Crippen LogP contribution in [0.25, 0.3) is 0 Å². The third-order valence-electron chi connectivity index (χ3n) is 5.04. The molecule has 0 aromatic rings. The van der Waals surface area contributed by atoms with Crippen LogP contribution in [0.2, 0.25) is 0 Å². The van der Waals surface area contributed by atoms with Gasteiger partial charge in [-0.15, -0.1) is 0 Å². The number of rotatable bonds is 8. The molecule has 0 saturated carbocycles. The standard InChI is InChI=1S/C18H35NO2/c1-6-7-8-9-10-11-12-19-17(2,3)13-15(16(20)21)14-18(19,4)5/h15H,6-14H2,1-5H3,(H,20,21). The first-order valence-corrected chi connectivity index (χ1v) is 8.71. The van der Waals surface area contributed by atoms with Crippen molar-refractivity contribution in [3.63, 3.8) is 0 Å². The van der Waals surface area contributed by atoms with Gasteiger partial charge < -0.3 is 5.11 Å². The Morgan fingerprint density at radius 3 is 1.95 bits per heavy atom. The number of aliphatic carboxylic acids is 1. The number of carboxylic acids is 1. The summed E-state index contributed by atoms with van der Waals surface area (Å²) in [5, 5.41) is 9.37. The largest absolute Gasteiger partial charge is 0.481 e. The van der Waals surface area contributed by atoms with Crippen molar-refractivity contribution in [1.29, 1.82) is 0 Å². The Morgan fingerprint density at radius 1 is 1.00 bits per heavy atom. The van der Waals surface area contributed by atoms with E-state index in [1.54, 1.807) is 0 Å². The first-order chi connectivity index (χ1) is 9.70. The van der Waals surface area contributed by atoms with Gasteiger partial charge in [0.2, 0.25) is 0 Å². The average molecular weight is 297 g/mol. The van der Waals surface area contributed by atoms with E-state index in [-0.39, 0.29) is 17.0 Å². The molecule has 0 aliphatic carbocycles. The molecule has 1 rings (SSSR count). The second-order valence-electron chi connectivity index (χ2n) is 7.99. The van der Waals surface area contributed by atoms with Gasteiger partial charge in [-0.1, -0.05) is 39.0 Å². The molecule has 3 heteroatoms. The molecule has 21 heavy (non-hydrogen) atoms. The van der Waals surface area contributed by atoms with Crippen LogP contribution in [0, 0.1) is 5.92 Å². The van der Waals surface area contributed by atoms with Crippen molar-refractivity contribution in [2.24, 2.45) is 5.92 Å². The van der Waals surface area contributed by atoms with Gasteiger partial charge in [0.05, 0.1) is 5.92 Å². The van der Waals surface area contributed by atoms with Crippen LogP contribution in [-0.2, 0) is 4.79 Å². The minimum atomic E-state index is -0.629. The molecule has 1 fully saturated rings. The summed E-state index contributed by atoms with van der Waals surface area (Å²) >= 11 is 0. The Kier molecular flexibility index (Phi) is 6.71. The summed E-state index contributed by atoms with van der Waals surface area (Å²) in [7, 11) is 0. The number of hydrogen-bond acceptors (Lipinski definition) is 2. The zero-order chi connectivity index (χ0) is 16.1. The van der Waals surface area contributed by atoms with E-state index in [1.165, 1.54) is 38.5 Å². The van der Waals surface area contributed by atoms with Gasteiger partial charge in [0, 0.05) is 11.1 Å². The van der Waals surface area contributed by atoms with E-state index in [0.29, 0.717) is 0 Å². The maximum atomic E-state index is 11.4. The molecule has 0 atom stereocenters. The number of piperidine rings is 1. The molecule has 1 saturated heterocycles. The summed E-state index contributed by atoms with van der Waals surface area (Å²) < 4.78 is 0. The molecule has 0 radical (unpaired) electrons. The molecule has 1 aliphatic heterocycles. The number of likely N-dealkylation sites (tertiary alicyclic amines) is 1. The first kappa shape index (κ1) is 18.5. The molecule has 0 spiro atoms. The van der Waals surface area contributed by atoms with Crippen LogP contribution < -0.4 is 0 Å². The van der Waals surface area contributed by atoms with E-state index in [1.807, 2.05) is 0 Å². The Morgan fingerprint density at radius 2 is 1.48 bits per heavy atom.